The molecule has 0 saturated carbocycles. The molecule has 5 N–H and O–H groups in total. The molecule has 0 unspecified atom stereocenters. The molecule has 1 saturated heterocycles. The number of hydrogen-bond donors (Lipinski definition) is 5. The number of fused-ring (bicyclic) bond motifs is 2. The molecule has 0 atom stereocenters. The smallest absolute Gasteiger partial charge is 0.320 e. The number of aromatic hydroxyl groups is 2. The third-order valence-electron chi connectivity index (χ3n) is 9.29. The van der Waals surface area contributed by atoms with Crippen LogP contribution in [0.3, 0.4) is 0 Å². The first-order chi connectivity index (χ1) is 26.0. The van der Waals surface area contributed by atoms with Crippen LogP contribution in [0.1, 0.15) is 23.1 Å². The number of ether oxygens (including phenoxy) is 1. The normalized spacial score (nSPS) is 13.9. The summed E-state index contributed by atoms with van der Waals surface area (Å²) in [6, 6.07) is 23.3. The Labute approximate surface area is 313 Å². The van der Waals surface area contributed by atoms with Crippen LogP contribution < -0.4 is 15.4 Å². The maximum Gasteiger partial charge on any atom is 0.320 e. The molecule has 2 heterocycles. The summed E-state index contributed by atoms with van der Waals surface area (Å²) in [7, 11) is -3.71. The quantitative estimate of drug-likeness (QED) is 0.0620. The predicted octanol–water partition coefficient (Wildman–Crippen LogP) is 7.42. The monoisotopic (exact) mass is 747 g/mol. The number of phenols is 1. The number of nitrogens with zero attached hydrogens (tertiary/aromatic N) is 6. The van der Waals surface area contributed by atoms with E-state index in [1.165, 1.54) is 12.1 Å². The van der Waals surface area contributed by atoms with Gasteiger partial charge < -0.3 is 25.6 Å². The fraction of sp³-hybridized carbons (Fsp3) is 0.256. The fourth-order valence-corrected chi connectivity index (χ4v) is 7.59. The fourth-order valence-electron chi connectivity index (χ4n) is 6.51. The van der Waals surface area contributed by atoms with Crippen molar-refractivity contribution in [1.82, 2.24) is 24.6 Å². The summed E-state index contributed by atoms with van der Waals surface area (Å²) in [4.78, 5) is 14.9. The molecule has 1 aliphatic rings. The maximum absolute atomic E-state index is 12.9. The van der Waals surface area contributed by atoms with Crippen molar-refractivity contribution in [1.29, 1.82) is 0 Å². The second-order valence-electron chi connectivity index (χ2n) is 13.2. The predicted molar refractivity (Wildman–Crippen MR) is 210 cm³/mol. The Balaban J connectivity index is 1.08. The molecule has 0 amide bonds. The van der Waals surface area contributed by atoms with Gasteiger partial charge in [0.1, 0.15) is 5.69 Å². The summed E-state index contributed by atoms with van der Waals surface area (Å²) in [5.41, 5.74) is 4.60. The highest BCUT2D eigenvalue weighted by Gasteiger charge is 2.18. The molecule has 0 aliphatic carbocycles. The largest absolute Gasteiger partial charge is 0.505 e. The van der Waals surface area contributed by atoms with Crippen LogP contribution in [0.5, 0.6) is 11.8 Å². The van der Waals surface area contributed by atoms with Crippen LogP contribution in [0.4, 0.5) is 34.6 Å². The van der Waals surface area contributed by atoms with Gasteiger partial charge in [0.15, 0.2) is 5.75 Å². The van der Waals surface area contributed by atoms with E-state index in [-0.39, 0.29) is 22.5 Å². The van der Waals surface area contributed by atoms with Crippen LogP contribution in [-0.2, 0) is 14.8 Å². The van der Waals surface area contributed by atoms with Crippen molar-refractivity contribution in [2.24, 2.45) is 10.2 Å². The van der Waals surface area contributed by atoms with E-state index >= 15 is 0 Å². The SMILES string of the molecule is Cc1cc(Nc2nc(O)nc(Nc3ccc(S(=O)(=O)NCCCN4CCOCC4)cc3)n2)c2c(O)c(N=Nc3ccc4ccccc4c3C)c(C)cc2c1. The Bertz CT molecular complexity index is 2470. The van der Waals surface area contributed by atoms with Gasteiger partial charge in [0.25, 0.3) is 0 Å². The van der Waals surface area contributed by atoms with Gasteiger partial charge >= 0.3 is 6.01 Å². The number of aryl methyl sites for hydroxylation is 3. The van der Waals surface area contributed by atoms with E-state index in [0.717, 1.165) is 52.5 Å². The maximum atomic E-state index is 12.9. The van der Waals surface area contributed by atoms with Crippen molar-refractivity contribution in [3.63, 3.8) is 0 Å². The van der Waals surface area contributed by atoms with Crippen LogP contribution in [-0.4, -0.2) is 77.9 Å². The molecule has 0 bridgehead atoms. The Hall–Kier alpha value is -5.74. The van der Waals surface area contributed by atoms with Gasteiger partial charge in [-0.3, -0.25) is 4.90 Å². The van der Waals surface area contributed by atoms with Crippen LogP contribution in [0.15, 0.2) is 94.0 Å². The Morgan fingerprint density at radius 3 is 2.35 bits per heavy atom. The molecule has 5 aromatic carbocycles. The lowest BCUT2D eigenvalue weighted by Gasteiger charge is -2.26. The van der Waals surface area contributed by atoms with Crippen molar-refractivity contribution in [2.45, 2.75) is 32.1 Å². The van der Waals surface area contributed by atoms with Crippen LogP contribution in [0, 0.1) is 20.8 Å². The number of hydrogen-bond acceptors (Lipinski definition) is 13. The van der Waals surface area contributed by atoms with Crippen molar-refractivity contribution in [3.05, 3.63) is 95.6 Å². The molecule has 0 spiro atoms. The lowest BCUT2D eigenvalue weighted by atomic mass is 10.0. The standard InChI is InChI=1S/C39H41N9O5S/c1-24-21-28-23-25(2)35(47-46-32-14-9-27-7-4-5-8-31(27)26(32)3)36(49)34(28)33(22-24)42-38-43-37(44-39(50)45-38)41-29-10-12-30(13-11-29)54(51,52)40-15-6-16-48-17-19-53-20-18-48/h4-5,7-14,21-23,40,49H,6,15-20H2,1-3H3,(H3,41,42,43,44,45,50). The summed E-state index contributed by atoms with van der Waals surface area (Å²) >= 11 is 0. The number of aromatic nitrogens is 3. The van der Waals surface area contributed by atoms with Crippen molar-refractivity contribution in [2.75, 3.05) is 50.0 Å². The van der Waals surface area contributed by atoms with Crippen LogP contribution in [0.25, 0.3) is 21.5 Å². The third-order valence-corrected chi connectivity index (χ3v) is 10.8. The number of azo groups is 1. The number of rotatable bonds is 12. The summed E-state index contributed by atoms with van der Waals surface area (Å²) in [6.07, 6.45) is 0.688. The number of phenolic OH excluding ortho intramolecular Hbond substituents is 1. The zero-order valence-electron chi connectivity index (χ0n) is 30.2. The van der Waals surface area contributed by atoms with Crippen molar-refractivity contribution < 1.29 is 23.4 Å². The topological polar surface area (TPSA) is 187 Å². The zero-order chi connectivity index (χ0) is 37.8. The molecule has 1 fully saturated rings. The minimum absolute atomic E-state index is 0.00677. The number of nitrogens with one attached hydrogen (secondary N) is 3. The molecule has 7 rings (SSSR count). The molecule has 54 heavy (non-hydrogen) atoms. The number of sulfonamides is 1. The van der Waals surface area contributed by atoms with Crippen molar-refractivity contribution >= 4 is 66.2 Å². The molecular weight excluding hydrogens is 707 g/mol. The second kappa shape index (κ2) is 15.7. The van der Waals surface area contributed by atoms with Crippen LogP contribution >= 0.6 is 0 Å². The van der Waals surface area contributed by atoms with Gasteiger partial charge in [-0.1, -0.05) is 36.4 Å². The van der Waals surface area contributed by atoms with E-state index in [0.29, 0.717) is 54.3 Å². The lowest BCUT2D eigenvalue weighted by molar-refractivity contribution is 0.0376. The highest BCUT2D eigenvalue weighted by molar-refractivity contribution is 7.89. The summed E-state index contributed by atoms with van der Waals surface area (Å²) in [5, 5.41) is 40.6. The van der Waals surface area contributed by atoms with Gasteiger partial charge in [-0.15, -0.1) is 5.11 Å². The Kier molecular flexibility index (Phi) is 10.6. The van der Waals surface area contributed by atoms with Gasteiger partial charge in [0, 0.05) is 30.7 Å². The molecular formula is C39H41N9O5S. The van der Waals surface area contributed by atoms with E-state index in [2.05, 4.69) is 45.4 Å². The Morgan fingerprint density at radius 1 is 0.833 bits per heavy atom. The molecule has 6 aromatic rings. The average molecular weight is 748 g/mol. The minimum Gasteiger partial charge on any atom is -0.505 e. The summed E-state index contributed by atoms with van der Waals surface area (Å²) in [6.45, 7) is 10.0. The molecule has 1 aromatic heterocycles. The average Bonchev–Trinajstić information content (AvgIpc) is 3.14. The van der Waals surface area contributed by atoms with Gasteiger partial charge in [-0.2, -0.15) is 20.1 Å². The highest BCUT2D eigenvalue weighted by atomic mass is 32.2. The molecule has 15 heteroatoms. The number of morpholine rings is 1. The first-order valence-corrected chi connectivity index (χ1v) is 19.1. The molecule has 14 nitrogen and oxygen atoms in total. The van der Waals surface area contributed by atoms with Gasteiger partial charge in [-0.25, -0.2) is 13.1 Å². The van der Waals surface area contributed by atoms with E-state index in [9.17, 15) is 18.6 Å². The number of anilines is 4. The minimum atomic E-state index is -3.71. The van der Waals surface area contributed by atoms with E-state index in [4.69, 9.17) is 4.74 Å². The number of benzene rings is 5. The zero-order valence-corrected chi connectivity index (χ0v) is 31.0. The molecule has 278 valence electrons. The van der Waals surface area contributed by atoms with E-state index < -0.39 is 16.0 Å². The van der Waals surface area contributed by atoms with Gasteiger partial charge in [0.2, 0.25) is 21.9 Å². The van der Waals surface area contributed by atoms with Crippen molar-refractivity contribution in [3.8, 4) is 11.8 Å². The van der Waals surface area contributed by atoms with Gasteiger partial charge in [0.05, 0.1) is 29.5 Å². The first-order valence-electron chi connectivity index (χ1n) is 17.6. The Morgan fingerprint density at radius 2 is 1.57 bits per heavy atom. The molecule has 0 radical (unpaired) electrons. The first kappa shape index (κ1) is 36.6. The van der Waals surface area contributed by atoms with E-state index in [1.54, 1.807) is 12.1 Å². The highest BCUT2D eigenvalue weighted by Crippen LogP contribution is 2.43. The summed E-state index contributed by atoms with van der Waals surface area (Å²) < 4.78 is 33.8. The van der Waals surface area contributed by atoms with E-state index in [1.807, 2.05) is 75.4 Å². The molecule has 1 aliphatic heterocycles. The summed E-state index contributed by atoms with van der Waals surface area (Å²) in [5.74, 6) is -0.0561. The van der Waals surface area contributed by atoms with Crippen LogP contribution in [0.2, 0.25) is 0 Å². The van der Waals surface area contributed by atoms with Gasteiger partial charge in [-0.05, 0) is 109 Å². The lowest BCUT2D eigenvalue weighted by Crippen LogP contribution is -2.38. The second-order valence-corrected chi connectivity index (χ2v) is 15.0. The third kappa shape index (κ3) is 8.24.